The molecule has 1 amide bonds. The van der Waals surface area contributed by atoms with E-state index in [2.05, 4.69) is 10.6 Å². The van der Waals surface area contributed by atoms with E-state index >= 15 is 0 Å². The highest BCUT2D eigenvalue weighted by molar-refractivity contribution is 7.80. The van der Waals surface area contributed by atoms with Gasteiger partial charge in [-0.3, -0.25) is 9.69 Å². The summed E-state index contributed by atoms with van der Waals surface area (Å²) in [5, 5.41) is 7.39. The van der Waals surface area contributed by atoms with E-state index in [9.17, 15) is 4.79 Å². The average Bonchev–Trinajstić information content (AvgIpc) is 2.83. The monoisotopic (exact) mass is 509 g/mol. The Bertz CT molecular complexity index is 1300. The first kappa shape index (κ1) is 23.3. The molecule has 1 fully saturated rings. The molecule has 2 N–H and O–H groups in total. The van der Waals surface area contributed by atoms with Crippen molar-refractivity contribution < 1.29 is 19.0 Å². The van der Waals surface area contributed by atoms with Crippen molar-refractivity contribution >= 4 is 46.2 Å². The number of carbonyl (C=O) groups is 1. The fourth-order valence-corrected chi connectivity index (χ4v) is 5.43. The number of fused-ring (bicyclic) bond motifs is 4. The van der Waals surface area contributed by atoms with Crippen molar-refractivity contribution in [3.8, 4) is 17.2 Å². The minimum absolute atomic E-state index is 0.224. The first-order valence-corrected chi connectivity index (χ1v) is 11.8. The van der Waals surface area contributed by atoms with Crippen LogP contribution in [-0.4, -0.2) is 31.0 Å². The topological polar surface area (TPSA) is 72.1 Å². The number of methoxy groups -OCH3 is 2. The lowest BCUT2D eigenvalue weighted by molar-refractivity contribution is -0.130. The van der Waals surface area contributed by atoms with Gasteiger partial charge in [-0.25, -0.2) is 0 Å². The maximum Gasteiger partial charge on any atom is 0.236 e. The van der Waals surface area contributed by atoms with Gasteiger partial charge in [-0.2, -0.15) is 0 Å². The van der Waals surface area contributed by atoms with Gasteiger partial charge in [0, 0.05) is 22.0 Å². The summed E-state index contributed by atoms with van der Waals surface area (Å²) >= 11 is 12.1. The number of hydrogen-bond acceptors (Lipinski definition) is 5. The van der Waals surface area contributed by atoms with Crippen molar-refractivity contribution in [2.75, 3.05) is 24.4 Å². The molecule has 2 bridgehead atoms. The zero-order chi connectivity index (χ0) is 24.7. The Morgan fingerprint density at radius 1 is 1.11 bits per heavy atom. The second kappa shape index (κ2) is 8.94. The van der Waals surface area contributed by atoms with Crippen LogP contribution in [0.3, 0.4) is 0 Å². The fourth-order valence-electron chi connectivity index (χ4n) is 4.83. The summed E-state index contributed by atoms with van der Waals surface area (Å²) in [6.07, 6.45) is 0. The van der Waals surface area contributed by atoms with Crippen molar-refractivity contribution in [2.45, 2.75) is 18.7 Å². The van der Waals surface area contributed by atoms with Gasteiger partial charge >= 0.3 is 0 Å². The Morgan fingerprint density at radius 3 is 2.54 bits per heavy atom. The van der Waals surface area contributed by atoms with E-state index in [-0.39, 0.29) is 5.91 Å². The third-order valence-electron chi connectivity index (χ3n) is 6.42. The summed E-state index contributed by atoms with van der Waals surface area (Å²) in [6, 6.07) is 19.6. The summed E-state index contributed by atoms with van der Waals surface area (Å²) in [5.74, 6) is 0.937. The van der Waals surface area contributed by atoms with Gasteiger partial charge in [-0.15, -0.1) is 0 Å². The number of thiocarbonyl (C=S) groups is 1. The van der Waals surface area contributed by atoms with E-state index in [0.717, 1.165) is 5.56 Å². The first-order chi connectivity index (χ1) is 16.9. The number of benzene rings is 3. The Hall–Kier alpha value is -3.49. The molecule has 0 radical (unpaired) electrons. The van der Waals surface area contributed by atoms with Crippen molar-refractivity contribution in [3.05, 3.63) is 77.3 Å². The Kier molecular flexibility index (Phi) is 5.94. The lowest BCUT2D eigenvalue weighted by Gasteiger charge is -2.56. The number of amides is 1. The van der Waals surface area contributed by atoms with E-state index in [4.69, 9.17) is 38.0 Å². The molecular formula is C26H24ClN3O4S. The molecule has 35 heavy (non-hydrogen) atoms. The number of anilines is 2. The molecule has 9 heteroatoms. The maximum absolute atomic E-state index is 13.9. The molecular weight excluding hydrogens is 486 g/mol. The average molecular weight is 510 g/mol. The van der Waals surface area contributed by atoms with Crippen LogP contribution in [0.4, 0.5) is 11.4 Å². The van der Waals surface area contributed by atoms with Gasteiger partial charge in [0.15, 0.2) is 22.3 Å². The highest BCUT2D eigenvalue weighted by Crippen LogP contribution is 2.52. The molecule has 0 saturated carbocycles. The number of nitrogens with zero attached hydrogens (tertiary/aromatic N) is 1. The van der Waals surface area contributed by atoms with E-state index in [1.165, 1.54) is 0 Å². The number of rotatable bonds is 5. The van der Waals surface area contributed by atoms with E-state index in [1.807, 2.05) is 37.3 Å². The molecule has 2 heterocycles. The molecule has 0 aromatic heterocycles. The standard InChI is InChI=1S/C26H24ClN3O4S/c1-26-21(24(31)28-16-10-12-18(32-2)13-11-16)22(19-8-5-9-20(33-3)23(19)34-26)29-25(35)30(26)17-7-4-6-15(27)14-17/h4-14,21-22H,1-3H3,(H,28,31)(H,29,35)/t21-,22-,26-/m1/s1. The minimum atomic E-state index is -1.18. The third-order valence-corrected chi connectivity index (χ3v) is 6.95. The number of halogens is 1. The lowest BCUT2D eigenvalue weighted by atomic mass is 9.78. The van der Waals surface area contributed by atoms with Gasteiger partial charge in [-0.1, -0.05) is 29.8 Å². The molecule has 1 saturated heterocycles. The predicted octanol–water partition coefficient (Wildman–Crippen LogP) is 5.16. The van der Waals surface area contributed by atoms with Crippen LogP contribution in [0.15, 0.2) is 66.7 Å². The largest absolute Gasteiger partial charge is 0.497 e. The van der Waals surface area contributed by atoms with Crippen molar-refractivity contribution in [1.82, 2.24) is 5.32 Å². The highest BCUT2D eigenvalue weighted by Gasteiger charge is 2.59. The Balaban J connectivity index is 1.62. The second-order valence-electron chi connectivity index (χ2n) is 8.47. The second-order valence-corrected chi connectivity index (χ2v) is 9.30. The summed E-state index contributed by atoms with van der Waals surface area (Å²) in [6.45, 7) is 1.86. The quantitative estimate of drug-likeness (QED) is 0.460. The van der Waals surface area contributed by atoms with Crippen LogP contribution in [0, 0.1) is 5.92 Å². The number of nitrogens with one attached hydrogen (secondary N) is 2. The smallest absolute Gasteiger partial charge is 0.236 e. The third kappa shape index (κ3) is 3.92. The van der Waals surface area contributed by atoms with Crippen LogP contribution in [0.5, 0.6) is 17.2 Å². The number of ether oxygens (including phenoxy) is 3. The van der Waals surface area contributed by atoms with Crippen LogP contribution >= 0.6 is 23.8 Å². The van der Waals surface area contributed by atoms with Crippen LogP contribution in [0.2, 0.25) is 5.02 Å². The zero-order valence-electron chi connectivity index (χ0n) is 19.4. The summed E-state index contributed by atoms with van der Waals surface area (Å²) in [7, 11) is 3.19. The van der Waals surface area contributed by atoms with Gasteiger partial charge in [0.25, 0.3) is 0 Å². The molecule has 2 aliphatic heterocycles. The molecule has 3 aromatic rings. The molecule has 0 aliphatic carbocycles. The van der Waals surface area contributed by atoms with Gasteiger partial charge in [0.1, 0.15) is 11.7 Å². The normalized spacial score (nSPS) is 22.4. The molecule has 5 rings (SSSR count). The van der Waals surface area contributed by atoms with Crippen LogP contribution in [-0.2, 0) is 4.79 Å². The van der Waals surface area contributed by atoms with Crippen LogP contribution in [0.1, 0.15) is 18.5 Å². The first-order valence-electron chi connectivity index (χ1n) is 11.0. The Morgan fingerprint density at radius 2 is 1.86 bits per heavy atom. The van der Waals surface area contributed by atoms with Crippen LogP contribution in [0.25, 0.3) is 0 Å². The molecule has 0 unspecified atom stereocenters. The highest BCUT2D eigenvalue weighted by atomic mass is 35.5. The number of para-hydroxylation sites is 1. The molecule has 180 valence electrons. The van der Waals surface area contributed by atoms with Crippen molar-refractivity contribution in [2.24, 2.45) is 5.92 Å². The lowest BCUT2D eigenvalue weighted by Crippen LogP contribution is -2.72. The maximum atomic E-state index is 13.9. The minimum Gasteiger partial charge on any atom is -0.497 e. The molecule has 0 spiro atoms. The van der Waals surface area contributed by atoms with Crippen LogP contribution < -0.4 is 29.7 Å². The molecule has 7 nitrogen and oxygen atoms in total. The molecule has 2 aliphatic rings. The van der Waals surface area contributed by atoms with Crippen molar-refractivity contribution in [1.29, 1.82) is 0 Å². The summed E-state index contributed by atoms with van der Waals surface area (Å²) in [4.78, 5) is 15.7. The van der Waals surface area contributed by atoms with Gasteiger partial charge < -0.3 is 24.8 Å². The number of hydrogen-bond donors (Lipinski definition) is 2. The molecule has 3 atom stereocenters. The SMILES string of the molecule is COc1ccc(NC(=O)[C@H]2[C@@H]3NC(=S)N(c4cccc(Cl)c4)[C@]2(C)Oc2c(OC)cccc23)cc1. The van der Waals surface area contributed by atoms with Gasteiger partial charge in [0.2, 0.25) is 5.91 Å². The van der Waals surface area contributed by atoms with Crippen molar-refractivity contribution in [3.63, 3.8) is 0 Å². The fraction of sp³-hybridized carbons (Fsp3) is 0.231. The summed E-state index contributed by atoms with van der Waals surface area (Å²) in [5.41, 5.74) is 0.961. The molecule has 3 aromatic carbocycles. The van der Waals surface area contributed by atoms with E-state index in [1.54, 1.807) is 55.5 Å². The Labute approximate surface area is 213 Å². The predicted molar refractivity (Wildman–Crippen MR) is 140 cm³/mol. The van der Waals surface area contributed by atoms with Gasteiger partial charge in [-0.05, 0) is 67.7 Å². The number of carbonyl (C=O) groups excluding carboxylic acids is 1. The van der Waals surface area contributed by atoms with E-state index in [0.29, 0.717) is 38.8 Å². The van der Waals surface area contributed by atoms with Gasteiger partial charge in [0.05, 0.1) is 20.3 Å². The van der Waals surface area contributed by atoms with E-state index < -0.39 is 17.7 Å². The zero-order valence-corrected chi connectivity index (χ0v) is 20.9. The summed E-state index contributed by atoms with van der Waals surface area (Å²) < 4.78 is 17.5.